The highest BCUT2D eigenvalue weighted by molar-refractivity contribution is 6.34. The molecule has 0 bridgehead atoms. The van der Waals surface area contributed by atoms with E-state index in [9.17, 15) is 9.18 Å². The zero-order chi connectivity index (χ0) is 14.7. The number of carbonyl (C=O) groups excluding carboxylic acids is 1. The molecule has 0 heterocycles. The van der Waals surface area contributed by atoms with Crippen LogP contribution in [-0.4, -0.2) is 20.5 Å². The SMILES string of the molecule is COc1ccc(-c2ccc(C=O)c(F)c2)c(OC)c1Cl. The van der Waals surface area contributed by atoms with Gasteiger partial charge in [-0.1, -0.05) is 17.7 Å². The van der Waals surface area contributed by atoms with Crippen molar-refractivity contribution in [2.24, 2.45) is 0 Å². The van der Waals surface area contributed by atoms with E-state index in [2.05, 4.69) is 0 Å². The summed E-state index contributed by atoms with van der Waals surface area (Å²) in [5.74, 6) is 0.271. The van der Waals surface area contributed by atoms with Gasteiger partial charge in [0.05, 0.1) is 19.8 Å². The van der Waals surface area contributed by atoms with Crippen LogP contribution in [0.25, 0.3) is 11.1 Å². The Bertz CT molecular complexity index is 656. The van der Waals surface area contributed by atoms with E-state index in [0.717, 1.165) is 0 Å². The molecule has 0 aromatic heterocycles. The molecule has 0 aliphatic heterocycles. The molecule has 3 nitrogen and oxygen atoms in total. The lowest BCUT2D eigenvalue weighted by Crippen LogP contribution is -1.94. The van der Waals surface area contributed by atoms with Crippen LogP contribution in [0, 0.1) is 5.82 Å². The Morgan fingerprint density at radius 3 is 2.45 bits per heavy atom. The highest BCUT2D eigenvalue weighted by Gasteiger charge is 2.15. The number of carbonyl (C=O) groups is 1. The molecule has 0 saturated carbocycles. The topological polar surface area (TPSA) is 35.5 Å². The van der Waals surface area contributed by atoms with Gasteiger partial charge >= 0.3 is 0 Å². The Balaban J connectivity index is 2.60. The van der Waals surface area contributed by atoms with Crippen LogP contribution in [0.1, 0.15) is 10.4 Å². The number of hydrogen-bond donors (Lipinski definition) is 0. The Hall–Kier alpha value is -2.07. The van der Waals surface area contributed by atoms with Crippen molar-refractivity contribution in [1.82, 2.24) is 0 Å². The molecule has 0 aliphatic carbocycles. The Labute approximate surface area is 120 Å². The second kappa shape index (κ2) is 5.92. The lowest BCUT2D eigenvalue weighted by molar-refractivity contribution is 0.112. The predicted octanol–water partition coefficient (Wildman–Crippen LogP) is 3.98. The second-order valence-corrected chi connectivity index (χ2v) is 4.39. The van der Waals surface area contributed by atoms with E-state index in [1.807, 2.05) is 0 Å². The van der Waals surface area contributed by atoms with Crippen LogP contribution in [0.4, 0.5) is 4.39 Å². The van der Waals surface area contributed by atoms with Crippen molar-refractivity contribution in [1.29, 1.82) is 0 Å². The quantitative estimate of drug-likeness (QED) is 0.800. The van der Waals surface area contributed by atoms with Crippen LogP contribution >= 0.6 is 11.6 Å². The molecule has 0 spiro atoms. The first kappa shape index (κ1) is 14.3. The predicted molar refractivity (Wildman–Crippen MR) is 75.3 cm³/mol. The molecule has 5 heteroatoms. The molecule has 2 aromatic rings. The maximum atomic E-state index is 13.7. The summed E-state index contributed by atoms with van der Waals surface area (Å²) in [7, 11) is 2.97. The largest absolute Gasteiger partial charge is 0.495 e. The normalized spacial score (nSPS) is 10.2. The van der Waals surface area contributed by atoms with Crippen LogP contribution in [-0.2, 0) is 0 Å². The molecule has 0 saturated heterocycles. The number of methoxy groups -OCH3 is 2. The first-order chi connectivity index (χ1) is 9.62. The van der Waals surface area contributed by atoms with Crippen LogP contribution in [0.15, 0.2) is 30.3 Å². The number of rotatable bonds is 4. The summed E-state index contributed by atoms with van der Waals surface area (Å²) in [6, 6.07) is 7.71. The minimum absolute atomic E-state index is 0.00678. The summed E-state index contributed by atoms with van der Waals surface area (Å²) in [5.41, 5.74) is 1.19. The van der Waals surface area contributed by atoms with Gasteiger partial charge in [-0.25, -0.2) is 4.39 Å². The summed E-state index contributed by atoms with van der Waals surface area (Å²) in [5, 5.41) is 0.312. The van der Waals surface area contributed by atoms with Crippen molar-refractivity contribution < 1.29 is 18.7 Å². The maximum absolute atomic E-state index is 13.7. The Morgan fingerprint density at radius 1 is 1.15 bits per heavy atom. The van der Waals surface area contributed by atoms with E-state index in [4.69, 9.17) is 21.1 Å². The van der Waals surface area contributed by atoms with Gasteiger partial charge in [-0.15, -0.1) is 0 Å². The Kier molecular flexibility index (Phi) is 4.25. The molecular weight excluding hydrogens is 283 g/mol. The molecule has 0 atom stereocenters. The summed E-state index contributed by atoms with van der Waals surface area (Å²) >= 11 is 6.16. The standard InChI is InChI=1S/C15H12ClFO3/c1-19-13-6-5-11(15(20-2)14(13)16)9-3-4-10(8-18)12(17)7-9/h3-8H,1-2H3. The van der Waals surface area contributed by atoms with Gasteiger partial charge in [0.15, 0.2) is 6.29 Å². The van der Waals surface area contributed by atoms with Crippen LogP contribution in [0.3, 0.4) is 0 Å². The van der Waals surface area contributed by atoms with E-state index in [-0.39, 0.29) is 5.56 Å². The van der Waals surface area contributed by atoms with Gasteiger partial charge in [-0.05, 0) is 29.8 Å². The molecule has 0 unspecified atom stereocenters. The molecule has 0 fully saturated rings. The Morgan fingerprint density at radius 2 is 1.90 bits per heavy atom. The van der Waals surface area contributed by atoms with Crippen molar-refractivity contribution in [3.05, 3.63) is 46.7 Å². The average Bonchev–Trinajstić information content (AvgIpc) is 2.46. The van der Waals surface area contributed by atoms with E-state index < -0.39 is 5.82 Å². The van der Waals surface area contributed by atoms with Gasteiger partial charge in [0.25, 0.3) is 0 Å². The van der Waals surface area contributed by atoms with Gasteiger partial charge in [-0.3, -0.25) is 4.79 Å². The molecular formula is C15H12ClFO3. The number of hydrogen-bond acceptors (Lipinski definition) is 3. The lowest BCUT2D eigenvalue weighted by atomic mass is 10.0. The van der Waals surface area contributed by atoms with E-state index in [0.29, 0.717) is 33.9 Å². The molecule has 2 aromatic carbocycles. The summed E-state index contributed by atoms with van der Waals surface area (Å²) in [6.45, 7) is 0. The highest BCUT2D eigenvalue weighted by Crippen LogP contribution is 2.41. The van der Waals surface area contributed by atoms with E-state index >= 15 is 0 Å². The van der Waals surface area contributed by atoms with Gasteiger partial charge < -0.3 is 9.47 Å². The van der Waals surface area contributed by atoms with Crippen molar-refractivity contribution in [2.45, 2.75) is 0 Å². The first-order valence-corrected chi connectivity index (χ1v) is 6.15. The first-order valence-electron chi connectivity index (χ1n) is 5.78. The number of ether oxygens (including phenoxy) is 2. The maximum Gasteiger partial charge on any atom is 0.152 e. The van der Waals surface area contributed by atoms with Gasteiger partial charge in [0.1, 0.15) is 22.3 Å². The fourth-order valence-electron chi connectivity index (χ4n) is 1.91. The smallest absolute Gasteiger partial charge is 0.152 e. The molecule has 20 heavy (non-hydrogen) atoms. The molecule has 104 valence electrons. The van der Waals surface area contributed by atoms with Crippen LogP contribution < -0.4 is 9.47 Å². The average molecular weight is 295 g/mol. The zero-order valence-electron chi connectivity index (χ0n) is 10.9. The van der Waals surface area contributed by atoms with Gasteiger partial charge in [-0.2, -0.15) is 0 Å². The van der Waals surface area contributed by atoms with Crippen molar-refractivity contribution in [2.75, 3.05) is 14.2 Å². The van der Waals surface area contributed by atoms with Gasteiger partial charge in [0.2, 0.25) is 0 Å². The van der Waals surface area contributed by atoms with E-state index in [1.54, 1.807) is 18.2 Å². The summed E-state index contributed by atoms with van der Waals surface area (Å²) in [6.07, 6.45) is 0.470. The highest BCUT2D eigenvalue weighted by atomic mass is 35.5. The summed E-state index contributed by atoms with van der Waals surface area (Å²) < 4.78 is 24.1. The fraction of sp³-hybridized carbons (Fsp3) is 0.133. The zero-order valence-corrected chi connectivity index (χ0v) is 11.7. The third kappa shape index (κ3) is 2.47. The minimum atomic E-state index is -0.591. The van der Waals surface area contributed by atoms with Crippen molar-refractivity contribution >= 4 is 17.9 Å². The molecule has 0 N–H and O–H groups in total. The van der Waals surface area contributed by atoms with Crippen LogP contribution in [0.2, 0.25) is 5.02 Å². The molecule has 0 amide bonds. The lowest BCUT2D eigenvalue weighted by Gasteiger charge is -2.13. The monoisotopic (exact) mass is 294 g/mol. The number of benzene rings is 2. The van der Waals surface area contributed by atoms with Crippen molar-refractivity contribution in [3.8, 4) is 22.6 Å². The van der Waals surface area contributed by atoms with E-state index in [1.165, 1.54) is 26.4 Å². The molecule has 0 radical (unpaired) electrons. The van der Waals surface area contributed by atoms with Crippen molar-refractivity contribution in [3.63, 3.8) is 0 Å². The third-order valence-electron chi connectivity index (χ3n) is 2.92. The summed E-state index contributed by atoms with van der Waals surface area (Å²) in [4.78, 5) is 10.6. The molecule has 0 aliphatic rings. The van der Waals surface area contributed by atoms with Gasteiger partial charge in [0, 0.05) is 5.56 Å². The fourth-order valence-corrected chi connectivity index (χ4v) is 2.23. The second-order valence-electron chi connectivity index (χ2n) is 4.02. The number of halogens is 2. The minimum Gasteiger partial charge on any atom is -0.495 e. The third-order valence-corrected chi connectivity index (χ3v) is 3.28. The molecule has 2 rings (SSSR count). The number of aldehydes is 1. The van der Waals surface area contributed by atoms with Crippen LogP contribution in [0.5, 0.6) is 11.5 Å².